The normalized spacial score (nSPS) is 11.3. The topological polar surface area (TPSA) is 98.0 Å². The summed E-state index contributed by atoms with van der Waals surface area (Å²) < 4.78 is 27.3. The molecular formula is C11H11BrN4O2S. The number of hydrogen-bond donors (Lipinski definition) is 2. The number of nitrogens with two attached hydrogens (primary N) is 1. The minimum Gasteiger partial charge on any atom is -0.383 e. The van der Waals surface area contributed by atoms with Crippen LogP contribution in [-0.2, 0) is 10.0 Å². The minimum absolute atomic E-state index is 0.0595. The molecule has 2 aromatic rings. The molecule has 0 aliphatic carbocycles. The van der Waals surface area contributed by atoms with Crippen molar-refractivity contribution in [2.24, 2.45) is 0 Å². The molecule has 8 heteroatoms. The van der Waals surface area contributed by atoms with E-state index in [2.05, 4.69) is 30.6 Å². The lowest BCUT2D eigenvalue weighted by atomic mass is 10.4. The molecule has 19 heavy (non-hydrogen) atoms. The lowest BCUT2D eigenvalue weighted by Gasteiger charge is -2.09. The Hall–Kier alpha value is -1.67. The van der Waals surface area contributed by atoms with Crippen molar-refractivity contribution in [1.82, 2.24) is 9.97 Å². The van der Waals surface area contributed by atoms with Crippen molar-refractivity contribution in [3.05, 3.63) is 40.8 Å². The highest BCUT2D eigenvalue weighted by molar-refractivity contribution is 9.10. The van der Waals surface area contributed by atoms with Gasteiger partial charge in [-0.1, -0.05) is 0 Å². The Bertz CT molecular complexity index is 701. The number of anilines is 2. The average Bonchev–Trinajstić information content (AvgIpc) is 2.35. The molecule has 0 bridgehead atoms. The lowest BCUT2D eigenvalue weighted by molar-refractivity contribution is 0.601. The van der Waals surface area contributed by atoms with Gasteiger partial charge in [-0.3, -0.25) is 9.71 Å². The van der Waals surface area contributed by atoms with E-state index in [-0.39, 0.29) is 10.7 Å². The summed E-state index contributed by atoms with van der Waals surface area (Å²) in [6.07, 6.45) is 2.87. The van der Waals surface area contributed by atoms with E-state index in [1.165, 1.54) is 18.5 Å². The van der Waals surface area contributed by atoms with Gasteiger partial charge in [-0.15, -0.1) is 0 Å². The second-order valence-electron chi connectivity index (χ2n) is 3.83. The predicted octanol–water partition coefficient (Wildman–Crippen LogP) is 1.93. The van der Waals surface area contributed by atoms with Crippen LogP contribution in [-0.4, -0.2) is 18.4 Å². The maximum absolute atomic E-state index is 12.2. The maximum Gasteiger partial charge on any atom is 0.265 e. The van der Waals surface area contributed by atoms with E-state index in [0.29, 0.717) is 10.2 Å². The molecule has 0 aliphatic heterocycles. The first-order valence-electron chi connectivity index (χ1n) is 5.25. The maximum atomic E-state index is 12.2. The molecule has 2 rings (SSSR count). The molecule has 3 N–H and O–H groups in total. The van der Waals surface area contributed by atoms with Crippen LogP contribution in [0.15, 0.2) is 40.0 Å². The molecule has 0 aliphatic rings. The zero-order valence-corrected chi connectivity index (χ0v) is 12.4. The quantitative estimate of drug-likeness (QED) is 0.887. The average molecular weight is 343 g/mol. The fraction of sp³-hybridized carbons (Fsp3) is 0.0909. The molecule has 2 heterocycles. The first-order valence-corrected chi connectivity index (χ1v) is 7.52. The van der Waals surface area contributed by atoms with Crippen molar-refractivity contribution < 1.29 is 8.42 Å². The van der Waals surface area contributed by atoms with Crippen LogP contribution < -0.4 is 10.5 Å². The largest absolute Gasteiger partial charge is 0.383 e. The van der Waals surface area contributed by atoms with Gasteiger partial charge < -0.3 is 5.73 Å². The van der Waals surface area contributed by atoms with Crippen molar-refractivity contribution in [1.29, 1.82) is 0 Å². The van der Waals surface area contributed by atoms with E-state index in [9.17, 15) is 8.42 Å². The first-order chi connectivity index (χ1) is 8.88. The molecule has 0 saturated heterocycles. The Morgan fingerprint density at radius 3 is 2.63 bits per heavy atom. The van der Waals surface area contributed by atoms with Crippen LogP contribution in [0.5, 0.6) is 0 Å². The Morgan fingerprint density at radius 1 is 1.26 bits per heavy atom. The zero-order valence-electron chi connectivity index (χ0n) is 9.96. The summed E-state index contributed by atoms with van der Waals surface area (Å²) >= 11 is 3.16. The molecule has 0 unspecified atom stereocenters. The van der Waals surface area contributed by atoms with Crippen molar-refractivity contribution in [3.63, 3.8) is 0 Å². The summed E-state index contributed by atoms with van der Waals surface area (Å²) in [5.41, 5.74) is 6.75. The van der Waals surface area contributed by atoms with E-state index in [0.717, 1.165) is 5.69 Å². The molecule has 100 valence electrons. The van der Waals surface area contributed by atoms with Gasteiger partial charge in [0.15, 0.2) is 0 Å². The number of nitrogens with one attached hydrogen (secondary N) is 1. The number of rotatable bonds is 3. The van der Waals surface area contributed by atoms with Crippen LogP contribution in [0.1, 0.15) is 5.69 Å². The summed E-state index contributed by atoms with van der Waals surface area (Å²) in [5, 5.41) is 0. The van der Waals surface area contributed by atoms with Crippen LogP contribution in [0.4, 0.5) is 11.5 Å². The molecule has 0 spiro atoms. The third kappa shape index (κ3) is 3.21. The number of aromatic nitrogens is 2. The van der Waals surface area contributed by atoms with Gasteiger partial charge in [0, 0.05) is 16.4 Å². The Balaban J connectivity index is 2.37. The molecule has 0 fully saturated rings. The third-order valence-electron chi connectivity index (χ3n) is 2.30. The van der Waals surface area contributed by atoms with E-state index < -0.39 is 10.0 Å². The fourth-order valence-corrected chi connectivity index (χ4v) is 3.02. The molecule has 0 amide bonds. The molecule has 0 radical (unpaired) electrons. The number of nitrogens with zero attached hydrogens (tertiary/aromatic N) is 2. The van der Waals surface area contributed by atoms with Gasteiger partial charge in [0.1, 0.15) is 10.7 Å². The Labute approximate surface area is 119 Å². The number of pyridine rings is 2. The van der Waals surface area contributed by atoms with Gasteiger partial charge in [0.2, 0.25) is 0 Å². The first kappa shape index (κ1) is 13.8. The zero-order chi connectivity index (χ0) is 14.0. The predicted molar refractivity (Wildman–Crippen MR) is 76.1 cm³/mol. The van der Waals surface area contributed by atoms with Crippen LogP contribution >= 0.6 is 15.9 Å². The van der Waals surface area contributed by atoms with Gasteiger partial charge >= 0.3 is 0 Å². The lowest BCUT2D eigenvalue weighted by Crippen LogP contribution is -2.15. The van der Waals surface area contributed by atoms with Gasteiger partial charge in [-0.25, -0.2) is 13.4 Å². The third-order valence-corrected chi connectivity index (χ3v) is 4.15. The van der Waals surface area contributed by atoms with Crippen molar-refractivity contribution in [2.45, 2.75) is 11.8 Å². The molecule has 0 aromatic carbocycles. The highest BCUT2D eigenvalue weighted by atomic mass is 79.9. The number of sulfonamides is 1. The Kier molecular flexibility index (Phi) is 3.72. The van der Waals surface area contributed by atoms with Gasteiger partial charge in [-0.2, -0.15) is 0 Å². The van der Waals surface area contributed by atoms with Gasteiger partial charge in [-0.05, 0) is 41.1 Å². The number of halogens is 1. The summed E-state index contributed by atoms with van der Waals surface area (Å²) in [4.78, 5) is 7.73. The van der Waals surface area contributed by atoms with E-state index in [1.54, 1.807) is 12.1 Å². The molecule has 0 atom stereocenters. The molecular weight excluding hydrogens is 332 g/mol. The Morgan fingerprint density at radius 2 is 2.00 bits per heavy atom. The summed E-state index contributed by atoms with van der Waals surface area (Å²) in [7, 11) is -3.79. The van der Waals surface area contributed by atoms with Gasteiger partial charge in [0.25, 0.3) is 10.0 Å². The summed E-state index contributed by atoms with van der Waals surface area (Å²) in [6.45, 7) is 1.81. The van der Waals surface area contributed by atoms with E-state index in [1.807, 2.05) is 6.92 Å². The monoisotopic (exact) mass is 342 g/mol. The SMILES string of the molecule is Cc1ccc(NS(=O)(=O)c2cc(Br)cnc2N)cn1. The summed E-state index contributed by atoms with van der Waals surface area (Å²) in [5.74, 6) is -0.0595. The fourth-order valence-electron chi connectivity index (χ4n) is 1.38. The summed E-state index contributed by atoms with van der Waals surface area (Å²) in [6, 6.07) is 4.73. The van der Waals surface area contributed by atoms with Crippen LogP contribution in [0, 0.1) is 6.92 Å². The standard InChI is InChI=1S/C11H11BrN4O2S/c1-7-2-3-9(6-14-7)16-19(17,18)10-4-8(12)5-15-11(10)13/h2-6,16H,1H3,(H2,13,15). The number of nitrogen functional groups attached to an aromatic ring is 1. The second kappa shape index (κ2) is 5.14. The van der Waals surface area contributed by atoms with E-state index in [4.69, 9.17) is 5.73 Å². The van der Waals surface area contributed by atoms with Crippen molar-refractivity contribution in [2.75, 3.05) is 10.5 Å². The van der Waals surface area contributed by atoms with Crippen molar-refractivity contribution in [3.8, 4) is 0 Å². The van der Waals surface area contributed by atoms with Crippen LogP contribution in [0.2, 0.25) is 0 Å². The molecule has 2 aromatic heterocycles. The van der Waals surface area contributed by atoms with Crippen LogP contribution in [0.25, 0.3) is 0 Å². The molecule has 6 nitrogen and oxygen atoms in total. The second-order valence-corrected chi connectivity index (χ2v) is 6.40. The van der Waals surface area contributed by atoms with E-state index >= 15 is 0 Å². The number of hydrogen-bond acceptors (Lipinski definition) is 5. The molecule has 0 saturated carbocycles. The minimum atomic E-state index is -3.79. The highest BCUT2D eigenvalue weighted by Crippen LogP contribution is 2.22. The number of aryl methyl sites for hydroxylation is 1. The van der Waals surface area contributed by atoms with Crippen LogP contribution in [0.3, 0.4) is 0 Å². The van der Waals surface area contributed by atoms with Crippen molar-refractivity contribution >= 4 is 37.5 Å². The highest BCUT2D eigenvalue weighted by Gasteiger charge is 2.19. The smallest absolute Gasteiger partial charge is 0.265 e. The van der Waals surface area contributed by atoms with Gasteiger partial charge in [0.05, 0.1) is 11.9 Å².